The van der Waals surface area contributed by atoms with E-state index in [-0.39, 0.29) is 11.9 Å². The molecule has 0 N–H and O–H groups in total. The topological polar surface area (TPSA) is 38.8 Å². The fraction of sp³-hybridized carbons (Fsp3) is 0.632. The van der Waals surface area contributed by atoms with Crippen molar-refractivity contribution in [3.63, 3.8) is 0 Å². The molecule has 2 rings (SSSR count). The number of piperidine rings is 1. The third kappa shape index (κ3) is 5.24. The van der Waals surface area contributed by atoms with Crippen LogP contribution < -0.4 is 4.74 Å². The predicted octanol–water partition coefficient (Wildman–Crippen LogP) is 3.29. The van der Waals surface area contributed by atoms with Crippen LogP contribution in [0.2, 0.25) is 0 Å². The van der Waals surface area contributed by atoms with Crippen molar-refractivity contribution >= 4 is 5.97 Å². The summed E-state index contributed by atoms with van der Waals surface area (Å²) in [6.45, 7) is 6.63. The van der Waals surface area contributed by atoms with Crippen LogP contribution in [0.25, 0.3) is 0 Å². The Kier molecular flexibility index (Phi) is 6.90. The van der Waals surface area contributed by atoms with Gasteiger partial charge in [0.15, 0.2) is 0 Å². The number of methoxy groups -OCH3 is 1. The average Bonchev–Trinajstić information content (AvgIpc) is 2.60. The summed E-state index contributed by atoms with van der Waals surface area (Å²) in [5.74, 6) is 0.987. The molecule has 0 spiro atoms. The molecule has 0 amide bonds. The highest BCUT2D eigenvalue weighted by Crippen LogP contribution is 2.22. The zero-order valence-electron chi connectivity index (χ0n) is 14.6. The molecule has 1 unspecified atom stereocenters. The van der Waals surface area contributed by atoms with Crippen molar-refractivity contribution in [2.75, 3.05) is 26.8 Å². The lowest BCUT2D eigenvalue weighted by Crippen LogP contribution is -2.42. The minimum Gasteiger partial charge on any atom is -0.497 e. The molecule has 1 fully saturated rings. The van der Waals surface area contributed by atoms with Crippen LogP contribution >= 0.6 is 0 Å². The van der Waals surface area contributed by atoms with Gasteiger partial charge in [-0.15, -0.1) is 0 Å². The van der Waals surface area contributed by atoms with E-state index < -0.39 is 0 Å². The normalized spacial score (nSPS) is 17.7. The van der Waals surface area contributed by atoms with E-state index in [1.54, 1.807) is 7.11 Å². The Morgan fingerprint density at radius 2 is 1.91 bits per heavy atom. The lowest BCUT2D eigenvalue weighted by molar-refractivity contribution is -0.149. The highest BCUT2D eigenvalue weighted by atomic mass is 16.5. The van der Waals surface area contributed by atoms with Crippen molar-refractivity contribution in [1.29, 1.82) is 0 Å². The number of likely N-dealkylation sites (tertiary alicyclic amines) is 1. The molecule has 4 nitrogen and oxygen atoms in total. The number of carbonyl (C=O) groups excluding carboxylic acids is 1. The van der Waals surface area contributed by atoms with E-state index in [2.05, 4.69) is 24.0 Å². The smallest absolute Gasteiger partial charge is 0.309 e. The number of rotatable bonds is 7. The molecular weight excluding hydrogens is 290 g/mol. The summed E-state index contributed by atoms with van der Waals surface area (Å²) in [7, 11) is 1.69. The second-order valence-electron chi connectivity index (χ2n) is 6.30. The summed E-state index contributed by atoms with van der Waals surface area (Å²) in [4.78, 5) is 14.3. The number of esters is 1. The Bertz CT molecular complexity index is 478. The molecule has 0 aromatic heterocycles. The van der Waals surface area contributed by atoms with Crippen LogP contribution in [0.4, 0.5) is 0 Å². The van der Waals surface area contributed by atoms with Crippen molar-refractivity contribution in [3.8, 4) is 5.75 Å². The maximum atomic E-state index is 11.8. The van der Waals surface area contributed by atoms with Gasteiger partial charge in [0.2, 0.25) is 0 Å². The van der Waals surface area contributed by atoms with Crippen molar-refractivity contribution < 1.29 is 14.3 Å². The number of ether oxygens (including phenoxy) is 2. The van der Waals surface area contributed by atoms with E-state index in [0.717, 1.165) is 44.5 Å². The molecule has 1 saturated heterocycles. The van der Waals surface area contributed by atoms with E-state index in [1.165, 1.54) is 5.56 Å². The van der Waals surface area contributed by atoms with Gasteiger partial charge in [-0.2, -0.15) is 0 Å². The van der Waals surface area contributed by atoms with Gasteiger partial charge >= 0.3 is 5.97 Å². The molecule has 4 heteroatoms. The molecule has 0 radical (unpaired) electrons. The second kappa shape index (κ2) is 8.92. The Hall–Kier alpha value is -1.55. The highest BCUT2D eigenvalue weighted by Gasteiger charge is 2.27. The molecule has 128 valence electrons. The van der Waals surface area contributed by atoms with Gasteiger partial charge in [-0.1, -0.05) is 12.1 Å². The summed E-state index contributed by atoms with van der Waals surface area (Å²) < 4.78 is 10.3. The first-order valence-electron chi connectivity index (χ1n) is 8.67. The van der Waals surface area contributed by atoms with Gasteiger partial charge in [-0.05, 0) is 70.3 Å². The van der Waals surface area contributed by atoms with Gasteiger partial charge in [0.25, 0.3) is 0 Å². The van der Waals surface area contributed by atoms with E-state index >= 15 is 0 Å². The fourth-order valence-electron chi connectivity index (χ4n) is 3.19. The second-order valence-corrected chi connectivity index (χ2v) is 6.30. The van der Waals surface area contributed by atoms with Crippen LogP contribution in [0.3, 0.4) is 0 Å². The number of benzene rings is 1. The minimum absolute atomic E-state index is 0.0157. The Morgan fingerprint density at radius 3 is 2.48 bits per heavy atom. The average molecular weight is 319 g/mol. The van der Waals surface area contributed by atoms with Crippen LogP contribution in [-0.4, -0.2) is 43.7 Å². The summed E-state index contributed by atoms with van der Waals surface area (Å²) in [5, 5.41) is 0. The van der Waals surface area contributed by atoms with Gasteiger partial charge in [-0.3, -0.25) is 4.79 Å². The SMILES string of the molecule is CCOC(=O)C1CCN(C(C)CCc2ccc(OC)cc2)CC1. The molecule has 1 aromatic carbocycles. The van der Waals surface area contributed by atoms with Gasteiger partial charge in [-0.25, -0.2) is 0 Å². The molecule has 23 heavy (non-hydrogen) atoms. The summed E-state index contributed by atoms with van der Waals surface area (Å²) in [6.07, 6.45) is 4.05. The minimum atomic E-state index is -0.0157. The first kappa shape index (κ1) is 17.8. The van der Waals surface area contributed by atoms with E-state index in [4.69, 9.17) is 9.47 Å². The third-order valence-corrected chi connectivity index (χ3v) is 4.78. The predicted molar refractivity (Wildman–Crippen MR) is 91.7 cm³/mol. The van der Waals surface area contributed by atoms with Gasteiger partial charge in [0.1, 0.15) is 5.75 Å². The van der Waals surface area contributed by atoms with Crippen LogP contribution in [-0.2, 0) is 16.0 Å². The molecular formula is C19H29NO3. The van der Waals surface area contributed by atoms with Gasteiger partial charge in [0, 0.05) is 6.04 Å². The molecule has 1 aliphatic rings. The molecule has 0 aliphatic carbocycles. The van der Waals surface area contributed by atoms with Crippen LogP contribution in [0, 0.1) is 5.92 Å². The molecule has 1 heterocycles. The summed E-state index contributed by atoms with van der Waals surface area (Å²) in [5.41, 5.74) is 1.35. The van der Waals surface area contributed by atoms with Crippen molar-refractivity contribution in [3.05, 3.63) is 29.8 Å². The Balaban J connectivity index is 1.74. The first-order valence-corrected chi connectivity index (χ1v) is 8.67. The lowest BCUT2D eigenvalue weighted by atomic mass is 9.95. The quantitative estimate of drug-likeness (QED) is 0.723. The third-order valence-electron chi connectivity index (χ3n) is 4.78. The highest BCUT2D eigenvalue weighted by molar-refractivity contribution is 5.72. The number of hydrogen-bond donors (Lipinski definition) is 0. The largest absolute Gasteiger partial charge is 0.497 e. The van der Waals surface area contributed by atoms with Crippen LogP contribution in [0.15, 0.2) is 24.3 Å². The first-order chi connectivity index (χ1) is 11.1. The molecule has 0 saturated carbocycles. The van der Waals surface area contributed by atoms with Crippen molar-refractivity contribution in [2.24, 2.45) is 5.92 Å². The number of aryl methyl sites for hydroxylation is 1. The Labute approximate surface area is 139 Å². The molecule has 0 bridgehead atoms. The summed E-state index contributed by atoms with van der Waals surface area (Å²) in [6, 6.07) is 8.85. The van der Waals surface area contributed by atoms with Crippen LogP contribution in [0.1, 0.15) is 38.7 Å². The maximum Gasteiger partial charge on any atom is 0.309 e. The van der Waals surface area contributed by atoms with Crippen LogP contribution in [0.5, 0.6) is 5.75 Å². The van der Waals surface area contributed by atoms with Crippen molar-refractivity contribution in [2.45, 2.75) is 45.6 Å². The summed E-state index contributed by atoms with van der Waals surface area (Å²) >= 11 is 0. The van der Waals surface area contributed by atoms with Crippen molar-refractivity contribution in [1.82, 2.24) is 4.90 Å². The van der Waals surface area contributed by atoms with E-state index in [0.29, 0.717) is 12.6 Å². The van der Waals surface area contributed by atoms with Gasteiger partial charge < -0.3 is 14.4 Å². The van der Waals surface area contributed by atoms with E-state index in [1.807, 2.05) is 19.1 Å². The molecule has 1 aliphatic heterocycles. The maximum absolute atomic E-state index is 11.8. The standard InChI is InChI=1S/C19H29NO3/c1-4-23-19(21)17-11-13-20(14-12-17)15(2)5-6-16-7-9-18(22-3)10-8-16/h7-10,15,17H,4-6,11-14H2,1-3H3. The monoisotopic (exact) mass is 319 g/mol. The fourth-order valence-corrected chi connectivity index (χ4v) is 3.19. The van der Waals surface area contributed by atoms with Gasteiger partial charge in [0.05, 0.1) is 19.6 Å². The van der Waals surface area contributed by atoms with E-state index in [9.17, 15) is 4.79 Å². The zero-order valence-corrected chi connectivity index (χ0v) is 14.6. The number of nitrogens with zero attached hydrogens (tertiary/aromatic N) is 1. The molecule has 1 atom stereocenters. The zero-order chi connectivity index (χ0) is 16.7. The molecule has 1 aromatic rings. The number of carbonyl (C=O) groups is 1. The Morgan fingerprint density at radius 1 is 1.26 bits per heavy atom. The number of hydrogen-bond acceptors (Lipinski definition) is 4. The lowest BCUT2D eigenvalue weighted by Gasteiger charge is -2.35.